The van der Waals surface area contributed by atoms with Gasteiger partial charge in [-0.3, -0.25) is 9.59 Å². The molecule has 28 heavy (non-hydrogen) atoms. The summed E-state index contributed by atoms with van der Waals surface area (Å²) in [6.07, 6.45) is -2.84. The minimum absolute atomic E-state index is 0.0898. The Balaban J connectivity index is 3.25. The van der Waals surface area contributed by atoms with E-state index in [-0.39, 0.29) is 23.5 Å². The topological polar surface area (TPSA) is 104 Å². The largest absolute Gasteiger partial charge is 0.462 e. The van der Waals surface area contributed by atoms with Gasteiger partial charge in [0.2, 0.25) is 0 Å². The number of aliphatic hydroxyl groups excluding tert-OH is 3. The van der Waals surface area contributed by atoms with Crippen molar-refractivity contribution in [1.29, 1.82) is 0 Å². The van der Waals surface area contributed by atoms with Crippen LogP contribution < -0.4 is 0 Å². The first kappa shape index (κ1) is 25.3. The van der Waals surface area contributed by atoms with Gasteiger partial charge >= 0.3 is 5.97 Å². The van der Waals surface area contributed by atoms with E-state index < -0.39 is 54.1 Å². The van der Waals surface area contributed by atoms with E-state index in [1.807, 2.05) is 6.92 Å². The number of carbonyl (C=O) groups is 2. The number of carbonyl (C=O) groups excluding carboxylic acids is 2. The number of hydrogen-bond acceptors (Lipinski definition) is 6. The van der Waals surface area contributed by atoms with Crippen LogP contribution in [-0.4, -0.2) is 57.4 Å². The van der Waals surface area contributed by atoms with Crippen LogP contribution in [0.15, 0.2) is 0 Å². The lowest BCUT2D eigenvalue weighted by atomic mass is 9.77. The summed E-state index contributed by atoms with van der Waals surface area (Å²) in [4.78, 5) is 25.4. The van der Waals surface area contributed by atoms with Gasteiger partial charge in [-0.1, -0.05) is 34.6 Å². The Labute approximate surface area is 173 Å². The highest BCUT2D eigenvalue weighted by atomic mass is 35.5. The van der Waals surface area contributed by atoms with Gasteiger partial charge in [-0.15, -0.1) is 11.6 Å². The summed E-state index contributed by atoms with van der Waals surface area (Å²) in [5.41, 5.74) is 0. The Hall–Kier alpha value is -0.690. The molecule has 0 spiro atoms. The third kappa shape index (κ3) is 5.91. The first-order valence-electron chi connectivity index (χ1n) is 10.3. The number of halogens is 1. The van der Waals surface area contributed by atoms with E-state index in [0.717, 1.165) is 0 Å². The van der Waals surface area contributed by atoms with Crippen molar-refractivity contribution in [3.63, 3.8) is 0 Å². The fraction of sp³-hybridized carbons (Fsp3) is 0.905. The number of esters is 1. The minimum atomic E-state index is -1.09. The molecule has 1 fully saturated rings. The van der Waals surface area contributed by atoms with Crippen LogP contribution in [0, 0.1) is 35.5 Å². The second-order valence-corrected chi connectivity index (χ2v) is 9.11. The number of cyclic esters (lactones) is 1. The molecule has 6 nitrogen and oxygen atoms in total. The van der Waals surface area contributed by atoms with Gasteiger partial charge in [0.15, 0.2) is 0 Å². The average molecular weight is 421 g/mol. The van der Waals surface area contributed by atoms with E-state index in [4.69, 9.17) is 16.3 Å². The van der Waals surface area contributed by atoms with Crippen LogP contribution >= 0.6 is 11.6 Å². The number of rotatable bonds is 2. The zero-order valence-electron chi connectivity index (χ0n) is 17.8. The van der Waals surface area contributed by atoms with Crippen LogP contribution in [0.4, 0.5) is 0 Å². The quantitative estimate of drug-likeness (QED) is 0.468. The average Bonchev–Trinajstić information content (AvgIpc) is 2.67. The van der Waals surface area contributed by atoms with Gasteiger partial charge in [-0.2, -0.15) is 0 Å². The first-order chi connectivity index (χ1) is 12.9. The minimum Gasteiger partial charge on any atom is -0.462 e. The third-order valence-corrected chi connectivity index (χ3v) is 6.72. The molecule has 1 aliphatic rings. The molecule has 7 heteroatoms. The van der Waals surface area contributed by atoms with Crippen LogP contribution in [0.5, 0.6) is 0 Å². The molecule has 0 bridgehead atoms. The van der Waals surface area contributed by atoms with Gasteiger partial charge in [0, 0.05) is 29.6 Å². The molecule has 1 unspecified atom stereocenters. The van der Waals surface area contributed by atoms with Crippen molar-refractivity contribution in [3.8, 4) is 0 Å². The Kier molecular flexibility index (Phi) is 9.87. The number of hydrogen-bond donors (Lipinski definition) is 3. The standard InChI is InChI=1S/C21H37ClO6/c1-10-9-11(2)18(24)14(5)20(26)15(6)21(27)28-16(7-8-22)12(3)19(25)13(4)17(10)23/h10-16,18-20,24-26H,7-9H2,1-6H3/t10-,11+,12+,13+,14-,15?,16-,18+,19+,20+/m1/s1. The van der Waals surface area contributed by atoms with Crippen LogP contribution in [0.2, 0.25) is 0 Å². The zero-order chi connectivity index (χ0) is 21.8. The summed E-state index contributed by atoms with van der Waals surface area (Å²) in [6.45, 7) is 10.3. The highest BCUT2D eigenvalue weighted by molar-refractivity contribution is 6.17. The molecule has 0 aromatic carbocycles. The van der Waals surface area contributed by atoms with Crippen LogP contribution in [0.3, 0.4) is 0 Å². The summed E-state index contributed by atoms with van der Waals surface area (Å²) < 4.78 is 5.59. The molecule has 0 aromatic rings. The number of Topliss-reactive ketones (excluding diaryl/α,β-unsaturated/α-hetero) is 1. The molecule has 1 heterocycles. The lowest BCUT2D eigenvalue weighted by Crippen LogP contribution is -2.45. The van der Waals surface area contributed by atoms with Crippen LogP contribution in [-0.2, 0) is 14.3 Å². The molecule has 0 aliphatic carbocycles. The highest BCUT2D eigenvalue weighted by Crippen LogP contribution is 2.31. The van der Waals surface area contributed by atoms with Gasteiger partial charge in [-0.25, -0.2) is 0 Å². The predicted molar refractivity (Wildman–Crippen MR) is 108 cm³/mol. The number of alkyl halides is 1. The number of aliphatic hydroxyl groups is 3. The second-order valence-electron chi connectivity index (χ2n) is 8.74. The van der Waals surface area contributed by atoms with E-state index in [1.54, 1.807) is 34.6 Å². The molecule has 0 radical (unpaired) electrons. The van der Waals surface area contributed by atoms with E-state index in [1.165, 1.54) is 0 Å². The molecule has 0 amide bonds. The summed E-state index contributed by atoms with van der Waals surface area (Å²) in [5.74, 6) is -3.56. The lowest BCUT2D eigenvalue weighted by molar-refractivity contribution is -0.166. The SMILES string of the molecule is CC1C(=O)O[C@H](CCCl)[C@H](C)[C@H](O)[C@@H](C)C(=O)[C@H](C)C[C@H](C)[C@H](O)[C@@H](C)[C@@H]1O. The van der Waals surface area contributed by atoms with E-state index in [0.29, 0.717) is 12.8 Å². The van der Waals surface area contributed by atoms with Gasteiger partial charge in [0.25, 0.3) is 0 Å². The number of ketones is 1. The maximum atomic E-state index is 12.8. The smallest absolute Gasteiger partial charge is 0.311 e. The lowest BCUT2D eigenvalue weighted by Gasteiger charge is -2.36. The Morgan fingerprint density at radius 1 is 0.893 bits per heavy atom. The third-order valence-electron chi connectivity index (χ3n) is 6.50. The number of ether oxygens (including phenoxy) is 1. The molecule has 1 rings (SSSR count). The molecule has 10 atom stereocenters. The molecular weight excluding hydrogens is 384 g/mol. The molecule has 1 aliphatic heterocycles. The van der Waals surface area contributed by atoms with E-state index in [2.05, 4.69) is 0 Å². The van der Waals surface area contributed by atoms with Crippen molar-refractivity contribution in [2.45, 2.75) is 78.8 Å². The van der Waals surface area contributed by atoms with Gasteiger partial charge in [0.1, 0.15) is 11.9 Å². The predicted octanol–water partition coefficient (Wildman–Crippen LogP) is 2.40. The van der Waals surface area contributed by atoms with Crippen LogP contribution in [0.25, 0.3) is 0 Å². The summed E-state index contributed by atoms with van der Waals surface area (Å²) in [6, 6.07) is 0. The zero-order valence-corrected chi connectivity index (χ0v) is 18.6. The van der Waals surface area contributed by atoms with Gasteiger partial charge in [0.05, 0.1) is 24.2 Å². The van der Waals surface area contributed by atoms with Crippen molar-refractivity contribution in [3.05, 3.63) is 0 Å². The van der Waals surface area contributed by atoms with Crippen LogP contribution in [0.1, 0.15) is 54.4 Å². The molecule has 0 saturated carbocycles. The molecule has 0 aromatic heterocycles. The van der Waals surface area contributed by atoms with E-state index >= 15 is 0 Å². The fourth-order valence-electron chi connectivity index (χ4n) is 4.21. The maximum Gasteiger partial charge on any atom is 0.311 e. The van der Waals surface area contributed by atoms with Crippen molar-refractivity contribution < 1.29 is 29.6 Å². The Bertz CT molecular complexity index is 527. The van der Waals surface area contributed by atoms with Gasteiger partial charge < -0.3 is 20.1 Å². The second kappa shape index (κ2) is 10.9. The Morgan fingerprint density at radius 3 is 1.96 bits per heavy atom. The Morgan fingerprint density at radius 2 is 1.43 bits per heavy atom. The maximum absolute atomic E-state index is 12.8. The summed E-state index contributed by atoms with van der Waals surface area (Å²) >= 11 is 5.86. The van der Waals surface area contributed by atoms with E-state index in [9.17, 15) is 24.9 Å². The summed E-state index contributed by atoms with van der Waals surface area (Å²) in [5, 5.41) is 32.0. The van der Waals surface area contributed by atoms with Crippen molar-refractivity contribution >= 4 is 23.4 Å². The first-order valence-corrected chi connectivity index (χ1v) is 10.8. The molecule has 164 valence electrons. The summed E-state index contributed by atoms with van der Waals surface area (Å²) in [7, 11) is 0. The monoisotopic (exact) mass is 420 g/mol. The van der Waals surface area contributed by atoms with Crippen molar-refractivity contribution in [1.82, 2.24) is 0 Å². The van der Waals surface area contributed by atoms with Crippen molar-refractivity contribution in [2.24, 2.45) is 35.5 Å². The fourth-order valence-corrected chi connectivity index (χ4v) is 4.43. The molecule has 1 saturated heterocycles. The molecular formula is C21H37ClO6. The highest BCUT2D eigenvalue weighted by Gasteiger charge is 2.40. The normalized spacial score (nSPS) is 44.6. The molecule has 3 N–H and O–H groups in total. The van der Waals surface area contributed by atoms with Gasteiger partial charge in [-0.05, 0) is 25.7 Å². The van der Waals surface area contributed by atoms with Crippen molar-refractivity contribution in [2.75, 3.05) is 5.88 Å².